The first kappa shape index (κ1) is 34.1. The zero-order chi connectivity index (χ0) is 34.8. The van der Waals surface area contributed by atoms with Crippen LogP contribution in [-0.4, -0.2) is 93.6 Å². The molecule has 10 nitrogen and oxygen atoms in total. The van der Waals surface area contributed by atoms with Gasteiger partial charge < -0.3 is 34.1 Å². The van der Waals surface area contributed by atoms with E-state index in [0.717, 1.165) is 38.5 Å². The number of hydrogen-bond acceptors (Lipinski definition) is 9. The third-order valence-electron chi connectivity index (χ3n) is 16.1. The van der Waals surface area contributed by atoms with Crippen LogP contribution in [-0.2, 0) is 14.2 Å². The van der Waals surface area contributed by atoms with Gasteiger partial charge in [0.2, 0.25) is 0 Å². The number of aromatic nitrogens is 2. The van der Waals surface area contributed by atoms with Gasteiger partial charge >= 0.3 is 12.1 Å². The van der Waals surface area contributed by atoms with E-state index in [1.165, 1.54) is 12.8 Å². The Hall–Kier alpha value is -2.01. The molecule has 1 amide bonds. The largest absolute Gasteiger partial charge is 0.454 e. The Morgan fingerprint density at radius 1 is 1.02 bits per heavy atom. The second kappa shape index (κ2) is 11.2. The lowest BCUT2D eigenvalue weighted by Gasteiger charge is -2.63. The van der Waals surface area contributed by atoms with Crippen molar-refractivity contribution in [1.29, 1.82) is 0 Å². The Morgan fingerprint density at radius 3 is 2.39 bits per heavy atom. The molecule has 49 heavy (non-hydrogen) atoms. The molecule has 9 unspecified atom stereocenters. The third-order valence-corrected chi connectivity index (χ3v) is 16.1. The maximum atomic E-state index is 13.2. The number of carbonyl (C=O) groups is 1. The highest BCUT2D eigenvalue weighted by Gasteiger charge is 2.85. The summed E-state index contributed by atoms with van der Waals surface area (Å²) in [7, 11) is 0. The van der Waals surface area contributed by atoms with Gasteiger partial charge in [0, 0.05) is 36.3 Å². The normalized spacial score (nSPS) is 47.4. The van der Waals surface area contributed by atoms with E-state index < -0.39 is 23.9 Å². The van der Waals surface area contributed by atoms with Gasteiger partial charge in [0.1, 0.15) is 6.10 Å². The molecule has 0 bridgehead atoms. The van der Waals surface area contributed by atoms with Gasteiger partial charge in [-0.25, -0.2) is 14.8 Å². The fourth-order valence-electron chi connectivity index (χ4n) is 13.8. The summed E-state index contributed by atoms with van der Waals surface area (Å²) in [4.78, 5) is 23.6. The van der Waals surface area contributed by atoms with Crippen molar-refractivity contribution in [3.8, 4) is 6.01 Å². The van der Waals surface area contributed by atoms with Crippen LogP contribution in [0.25, 0.3) is 0 Å². The van der Waals surface area contributed by atoms with Gasteiger partial charge in [-0.3, -0.25) is 0 Å². The number of fused-ring (bicyclic) bond motifs is 4. The summed E-state index contributed by atoms with van der Waals surface area (Å²) < 4.78 is 25.0. The molecule has 7 fully saturated rings. The molecule has 8 rings (SSSR count). The minimum atomic E-state index is -1.20. The first-order chi connectivity index (χ1) is 23.1. The number of morpholine rings is 1. The summed E-state index contributed by atoms with van der Waals surface area (Å²) in [5.74, 6) is 1.40. The lowest BCUT2D eigenvalue weighted by atomic mass is 9.41. The molecule has 7 aliphatic rings. The Kier molecular flexibility index (Phi) is 7.82. The van der Waals surface area contributed by atoms with Crippen LogP contribution in [0.4, 0.5) is 4.79 Å². The molecular weight excluding hydrogens is 622 g/mol. The van der Waals surface area contributed by atoms with Gasteiger partial charge in [0.25, 0.3) is 0 Å². The first-order valence-electron chi connectivity index (χ1n) is 19.1. The summed E-state index contributed by atoms with van der Waals surface area (Å²) in [6.07, 6.45) is 9.39. The summed E-state index contributed by atoms with van der Waals surface area (Å²) in [6.45, 7) is 17.7. The van der Waals surface area contributed by atoms with E-state index in [0.29, 0.717) is 38.1 Å². The van der Waals surface area contributed by atoms with E-state index in [9.17, 15) is 15.0 Å². The highest BCUT2D eigenvalue weighted by atomic mass is 16.6. The number of hydrogen-bond donors (Lipinski definition) is 2. The SMILES string of the molecule is C[C@@H]1CC(C(Oc2ncccn2)C(C)(C)O)OC2C1C1(C)CCC34CC35CCC(OC(=O)N3CCOCC3)C(C)(C)[C@@H]5CCC4[C@]1(C)[C@H]2O. The number of amides is 1. The standard InChI is InChI=1S/C39H59N3O7/c1-23-21-24(31(35(4,5)45)49-32-40-15-8-16-41-32)47-29-28(23)36(6)13-14-39-22-38(39)12-11-27(48-33(44)42-17-19-46-20-18-42)34(2,3)25(38)9-10-26(39)37(36,7)30(29)43/h8,15-16,23-31,43,45H,9-14,17-22H2,1-7H3/t23-,24?,25+,26?,27?,28?,29?,30+,31?,36?,37-,38?,39?/m1/s1. The van der Waals surface area contributed by atoms with E-state index in [1.54, 1.807) is 32.3 Å². The molecule has 0 aromatic carbocycles. The molecule has 272 valence electrons. The highest BCUT2D eigenvalue weighted by molar-refractivity contribution is 5.68. The molecule has 2 spiro atoms. The number of aliphatic hydroxyl groups is 2. The van der Waals surface area contributed by atoms with Crippen LogP contribution in [0.15, 0.2) is 18.5 Å². The van der Waals surface area contributed by atoms with Gasteiger partial charge in [0.15, 0.2) is 6.10 Å². The minimum Gasteiger partial charge on any atom is -0.454 e. The molecule has 2 saturated heterocycles. The molecule has 13 atom stereocenters. The van der Waals surface area contributed by atoms with Crippen LogP contribution in [0.1, 0.15) is 99.8 Å². The van der Waals surface area contributed by atoms with Gasteiger partial charge in [-0.2, -0.15) is 0 Å². The summed E-state index contributed by atoms with van der Waals surface area (Å²) in [6, 6.07) is 1.96. The Labute approximate surface area is 292 Å². The molecular formula is C39H59N3O7. The highest BCUT2D eigenvalue weighted by Crippen LogP contribution is 2.89. The van der Waals surface area contributed by atoms with Crippen LogP contribution in [0.3, 0.4) is 0 Å². The van der Waals surface area contributed by atoms with Crippen molar-refractivity contribution in [3.63, 3.8) is 0 Å². The molecule has 3 heterocycles. The molecule has 10 heteroatoms. The summed E-state index contributed by atoms with van der Waals surface area (Å²) in [5.41, 5.74) is -1.23. The Morgan fingerprint density at radius 2 is 1.69 bits per heavy atom. The zero-order valence-electron chi connectivity index (χ0n) is 30.7. The summed E-state index contributed by atoms with van der Waals surface area (Å²) in [5, 5.41) is 24.0. The molecule has 5 saturated carbocycles. The lowest BCUT2D eigenvalue weighted by molar-refractivity contribution is -0.197. The van der Waals surface area contributed by atoms with Crippen LogP contribution in [0.5, 0.6) is 6.01 Å². The topological polar surface area (TPSA) is 123 Å². The van der Waals surface area contributed by atoms with E-state index >= 15 is 0 Å². The van der Waals surface area contributed by atoms with Crippen molar-refractivity contribution in [3.05, 3.63) is 18.5 Å². The molecule has 1 aromatic heterocycles. The second-order valence-corrected chi connectivity index (χ2v) is 18.7. The first-order valence-corrected chi connectivity index (χ1v) is 19.1. The number of ether oxygens (including phenoxy) is 4. The van der Waals surface area contributed by atoms with E-state index in [4.69, 9.17) is 18.9 Å². The molecule has 1 aromatic rings. The number of carbonyl (C=O) groups excluding carboxylic acids is 1. The van der Waals surface area contributed by atoms with E-state index in [-0.39, 0.29) is 63.2 Å². The average molecular weight is 682 g/mol. The molecule has 5 aliphatic carbocycles. The molecule has 2 N–H and O–H groups in total. The molecule has 0 radical (unpaired) electrons. The smallest absolute Gasteiger partial charge is 0.410 e. The number of aliphatic hydroxyl groups excluding tert-OH is 1. The summed E-state index contributed by atoms with van der Waals surface area (Å²) >= 11 is 0. The fraction of sp³-hybridized carbons (Fsp3) is 0.872. The van der Waals surface area contributed by atoms with Crippen LogP contribution < -0.4 is 4.74 Å². The van der Waals surface area contributed by atoms with Crippen molar-refractivity contribution in [2.45, 2.75) is 136 Å². The van der Waals surface area contributed by atoms with Crippen molar-refractivity contribution < 1.29 is 34.0 Å². The van der Waals surface area contributed by atoms with Gasteiger partial charge in [-0.05, 0) is 111 Å². The monoisotopic (exact) mass is 681 g/mol. The Balaban J connectivity index is 1.05. The maximum absolute atomic E-state index is 13.2. The fourth-order valence-corrected chi connectivity index (χ4v) is 13.8. The van der Waals surface area contributed by atoms with E-state index in [1.807, 2.05) is 4.90 Å². The zero-order valence-corrected chi connectivity index (χ0v) is 30.7. The second-order valence-electron chi connectivity index (χ2n) is 18.7. The predicted molar refractivity (Wildman–Crippen MR) is 182 cm³/mol. The number of rotatable bonds is 5. The maximum Gasteiger partial charge on any atom is 0.410 e. The average Bonchev–Trinajstić information content (AvgIpc) is 3.70. The van der Waals surface area contributed by atoms with Crippen LogP contribution >= 0.6 is 0 Å². The minimum absolute atomic E-state index is 0.0674. The molecule has 2 aliphatic heterocycles. The third kappa shape index (κ3) is 4.67. The number of nitrogens with zero attached hydrogens (tertiary/aromatic N) is 3. The van der Waals surface area contributed by atoms with Crippen molar-refractivity contribution in [2.75, 3.05) is 26.3 Å². The van der Waals surface area contributed by atoms with Crippen molar-refractivity contribution >= 4 is 6.09 Å². The van der Waals surface area contributed by atoms with Gasteiger partial charge in [0.05, 0.1) is 37.1 Å². The van der Waals surface area contributed by atoms with Crippen molar-refractivity contribution in [1.82, 2.24) is 14.9 Å². The predicted octanol–water partition coefficient (Wildman–Crippen LogP) is 5.65. The van der Waals surface area contributed by atoms with Crippen LogP contribution in [0.2, 0.25) is 0 Å². The van der Waals surface area contributed by atoms with Gasteiger partial charge in [-0.15, -0.1) is 0 Å². The van der Waals surface area contributed by atoms with Crippen LogP contribution in [0, 0.1) is 50.7 Å². The Bertz CT molecular complexity index is 1430. The quantitative estimate of drug-likeness (QED) is 0.406. The van der Waals surface area contributed by atoms with Gasteiger partial charge in [-0.1, -0.05) is 34.6 Å². The lowest BCUT2D eigenvalue weighted by Crippen LogP contribution is -2.60. The van der Waals surface area contributed by atoms with E-state index in [2.05, 4.69) is 44.6 Å². The van der Waals surface area contributed by atoms with Crippen molar-refractivity contribution in [2.24, 2.45) is 50.7 Å².